The van der Waals surface area contributed by atoms with Gasteiger partial charge in [-0.2, -0.15) is 0 Å². The van der Waals surface area contributed by atoms with E-state index in [1.54, 1.807) is 12.5 Å². The summed E-state index contributed by atoms with van der Waals surface area (Å²) in [6.45, 7) is 3.98. The summed E-state index contributed by atoms with van der Waals surface area (Å²) in [6.07, 6.45) is 3.35. The second-order valence-electron chi connectivity index (χ2n) is 3.58. The van der Waals surface area contributed by atoms with Crippen molar-refractivity contribution in [1.29, 1.82) is 0 Å². The van der Waals surface area contributed by atoms with Crippen molar-refractivity contribution in [2.45, 2.75) is 13.8 Å². The maximum atomic E-state index is 4.44. The lowest BCUT2D eigenvalue weighted by Crippen LogP contribution is -2.32. The van der Waals surface area contributed by atoms with E-state index in [4.69, 9.17) is 0 Å². The second kappa shape index (κ2) is 3.42. The molecule has 15 heavy (non-hydrogen) atoms. The fourth-order valence-corrected chi connectivity index (χ4v) is 1.50. The van der Waals surface area contributed by atoms with Gasteiger partial charge in [-0.05, 0) is 6.92 Å². The van der Waals surface area contributed by atoms with Crippen LogP contribution in [0.1, 0.15) is 11.5 Å². The predicted octanol–water partition coefficient (Wildman–Crippen LogP) is 0.318. The number of rotatable bonds is 1. The molecule has 5 heteroatoms. The lowest BCUT2D eigenvalue weighted by Gasteiger charge is -1.97. The fraction of sp³-hybridized carbons (Fsp3) is 0.400. The van der Waals surface area contributed by atoms with Crippen molar-refractivity contribution < 1.29 is 4.57 Å². The van der Waals surface area contributed by atoms with Crippen molar-refractivity contribution in [2.24, 2.45) is 14.1 Å². The molecule has 2 aromatic heterocycles. The van der Waals surface area contributed by atoms with Gasteiger partial charge in [-0.15, -0.1) is 4.68 Å². The number of hydrogen-bond acceptors (Lipinski definition) is 3. The molecule has 0 atom stereocenters. The Kier molecular flexibility index (Phi) is 2.22. The summed E-state index contributed by atoms with van der Waals surface area (Å²) in [4.78, 5) is 8.19. The quantitative estimate of drug-likeness (QED) is 0.628. The van der Waals surface area contributed by atoms with Crippen LogP contribution in [0.25, 0.3) is 11.4 Å². The molecule has 0 N–H and O–H groups in total. The van der Waals surface area contributed by atoms with Crippen molar-refractivity contribution >= 4 is 0 Å². The van der Waals surface area contributed by atoms with Crippen LogP contribution in [0.2, 0.25) is 0 Å². The Balaban J connectivity index is 2.65. The van der Waals surface area contributed by atoms with Gasteiger partial charge < -0.3 is 0 Å². The van der Waals surface area contributed by atoms with Crippen molar-refractivity contribution in [3.05, 3.63) is 24.0 Å². The molecular formula is C10H14N5+. The van der Waals surface area contributed by atoms with E-state index in [-0.39, 0.29) is 0 Å². The number of nitrogens with zero attached hydrogens (tertiary/aromatic N) is 5. The smallest absolute Gasteiger partial charge is 0.244 e. The van der Waals surface area contributed by atoms with Gasteiger partial charge in [0.15, 0.2) is 0 Å². The minimum Gasteiger partial charge on any atom is -0.244 e. The summed E-state index contributed by atoms with van der Waals surface area (Å²) in [5.74, 6) is 1.99. The van der Waals surface area contributed by atoms with Crippen LogP contribution in [0.3, 0.4) is 0 Å². The highest BCUT2D eigenvalue weighted by Gasteiger charge is 2.20. The largest absolute Gasteiger partial charge is 0.312 e. The third kappa shape index (κ3) is 1.49. The van der Waals surface area contributed by atoms with Crippen LogP contribution < -0.4 is 4.57 Å². The Morgan fingerprint density at radius 3 is 2.60 bits per heavy atom. The standard InChI is InChI=1S/C10H14N5/c1-7-9(5-11-6-12-7)10-13-15(4)8(2)14(10)3/h5-6H,1-4H3/q+1. The van der Waals surface area contributed by atoms with Gasteiger partial charge in [0, 0.05) is 18.2 Å². The van der Waals surface area contributed by atoms with E-state index in [1.165, 1.54) is 0 Å². The molecule has 0 aromatic carbocycles. The predicted molar refractivity (Wildman–Crippen MR) is 54.9 cm³/mol. The summed E-state index contributed by atoms with van der Waals surface area (Å²) >= 11 is 0. The highest BCUT2D eigenvalue weighted by molar-refractivity contribution is 5.52. The number of aromatic nitrogens is 5. The van der Waals surface area contributed by atoms with Gasteiger partial charge in [0.1, 0.15) is 6.33 Å². The summed E-state index contributed by atoms with van der Waals surface area (Å²) in [5, 5.41) is 4.44. The zero-order valence-corrected chi connectivity index (χ0v) is 9.39. The summed E-state index contributed by atoms with van der Waals surface area (Å²) < 4.78 is 3.88. The summed E-state index contributed by atoms with van der Waals surface area (Å²) in [5.41, 5.74) is 1.92. The molecule has 0 aliphatic carbocycles. The molecule has 0 aliphatic rings. The summed E-state index contributed by atoms with van der Waals surface area (Å²) in [6, 6.07) is 0. The van der Waals surface area contributed by atoms with Crippen molar-refractivity contribution in [3.8, 4) is 11.4 Å². The first-order valence-corrected chi connectivity index (χ1v) is 4.78. The van der Waals surface area contributed by atoms with E-state index in [9.17, 15) is 0 Å². The number of hydrogen-bond donors (Lipinski definition) is 0. The zero-order chi connectivity index (χ0) is 11.0. The normalized spacial score (nSPS) is 10.7. The van der Waals surface area contributed by atoms with Gasteiger partial charge in [-0.25, -0.2) is 14.5 Å². The average molecular weight is 204 g/mol. The Morgan fingerprint density at radius 1 is 1.33 bits per heavy atom. The highest BCUT2D eigenvalue weighted by Crippen LogP contribution is 2.14. The SMILES string of the molecule is Cc1ncncc1-c1nn(C)c(C)[n+]1C. The minimum absolute atomic E-state index is 0.896. The van der Waals surface area contributed by atoms with Gasteiger partial charge in [0.2, 0.25) is 5.82 Å². The van der Waals surface area contributed by atoms with Crippen LogP contribution in [0.5, 0.6) is 0 Å². The molecule has 2 aromatic rings. The molecule has 0 saturated carbocycles. The molecule has 0 spiro atoms. The maximum Gasteiger partial charge on any atom is 0.312 e. The molecule has 0 bridgehead atoms. The third-order valence-corrected chi connectivity index (χ3v) is 2.67. The highest BCUT2D eigenvalue weighted by atomic mass is 15.4. The molecule has 0 radical (unpaired) electrons. The van der Waals surface area contributed by atoms with Crippen LogP contribution in [0.4, 0.5) is 0 Å². The molecular weight excluding hydrogens is 190 g/mol. The molecule has 0 fully saturated rings. The van der Waals surface area contributed by atoms with Crippen LogP contribution >= 0.6 is 0 Å². The van der Waals surface area contributed by atoms with Crippen LogP contribution in [-0.4, -0.2) is 19.7 Å². The van der Waals surface area contributed by atoms with Gasteiger partial charge in [0.05, 0.1) is 25.4 Å². The van der Waals surface area contributed by atoms with E-state index < -0.39 is 0 Å². The molecule has 0 unspecified atom stereocenters. The molecule has 0 saturated heterocycles. The Morgan fingerprint density at radius 2 is 2.07 bits per heavy atom. The average Bonchev–Trinajstić information content (AvgIpc) is 2.47. The Labute approximate surface area is 88.4 Å². The monoisotopic (exact) mass is 204 g/mol. The van der Waals surface area contributed by atoms with E-state index in [0.29, 0.717) is 0 Å². The van der Waals surface area contributed by atoms with Gasteiger partial charge >= 0.3 is 5.82 Å². The third-order valence-electron chi connectivity index (χ3n) is 2.67. The van der Waals surface area contributed by atoms with Crippen molar-refractivity contribution in [1.82, 2.24) is 19.7 Å². The first-order valence-electron chi connectivity index (χ1n) is 4.78. The lowest BCUT2D eigenvalue weighted by atomic mass is 10.2. The molecule has 0 aliphatic heterocycles. The Bertz CT molecular complexity index is 501. The van der Waals surface area contributed by atoms with Crippen LogP contribution in [0.15, 0.2) is 12.5 Å². The Hall–Kier alpha value is -1.78. The van der Waals surface area contributed by atoms with E-state index in [1.807, 2.05) is 37.2 Å². The first kappa shape index (κ1) is 9.76. The molecule has 2 heterocycles. The molecule has 2 rings (SSSR count). The van der Waals surface area contributed by atoms with E-state index in [0.717, 1.165) is 22.9 Å². The second-order valence-corrected chi connectivity index (χ2v) is 3.58. The van der Waals surface area contributed by atoms with Gasteiger partial charge in [0.25, 0.3) is 0 Å². The van der Waals surface area contributed by atoms with Crippen LogP contribution in [0, 0.1) is 13.8 Å². The van der Waals surface area contributed by atoms with Crippen molar-refractivity contribution in [2.75, 3.05) is 0 Å². The topological polar surface area (TPSA) is 47.5 Å². The van der Waals surface area contributed by atoms with Gasteiger partial charge in [-0.1, -0.05) is 0 Å². The first-order chi connectivity index (χ1) is 7.11. The maximum absolute atomic E-state index is 4.44. The van der Waals surface area contributed by atoms with Crippen LogP contribution in [-0.2, 0) is 14.1 Å². The minimum atomic E-state index is 0.896. The van der Waals surface area contributed by atoms with Gasteiger partial charge in [-0.3, -0.25) is 0 Å². The lowest BCUT2D eigenvalue weighted by molar-refractivity contribution is -0.667. The molecule has 5 nitrogen and oxygen atoms in total. The zero-order valence-electron chi connectivity index (χ0n) is 9.39. The van der Waals surface area contributed by atoms with E-state index in [2.05, 4.69) is 15.1 Å². The summed E-state index contributed by atoms with van der Waals surface area (Å²) in [7, 11) is 3.92. The van der Waals surface area contributed by atoms with Crippen molar-refractivity contribution in [3.63, 3.8) is 0 Å². The fourth-order valence-electron chi connectivity index (χ4n) is 1.50. The van der Waals surface area contributed by atoms with E-state index >= 15 is 0 Å². The molecule has 78 valence electrons. The number of aryl methyl sites for hydroxylation is 2. The molecule has 0 amide bonds.